The van der Waals surface area contributed by atoms with Crippen LogP contribution in [0.25, 0.3) is 0 Å². The van der Waals surface area contributed by atoms with Crippen molar-refractivity contribution in [3.05, 3.63) is 124 Å². The first-order valence-electron chi connectivity index (χ1n) is 16.7. The van der Waals surface area contributed by atoms with E-state index in [2.05, 4.69) is 96.2 Å². The minimum Gasteiger partial charge on any atom is -0.497 e. The van der Waals surface area contributed by atoms with E-state index < -0.39 is 5.60 Å². The molecule has 3 aromatic carbocycles. The SMILES string of the molecule is C/C=C(\C)C1C=CC(C(C)(C)c2ccc3c(c2)C(=O)C(CC)(Oc2ccc(C(C)(C)c4ccc(OC)cc4)cc2)CC(C)O3)=CC1. The second-order valence-electron chi connectivity index (χ2n) is 14.0. The average molecular weight is 619 g/mol. The van der Waals surface area contributed by atoms with Gasteiger partial charge in [0.15, 0.2) is 5.60 Å². The number of benzene rings is 3. The lowest BCUT2D eigenvalue weighted by molar-refractivity contribution is 0.0266. The van der Waals surface area contributed by atoms with E-state index in [1.54, 1.807) is 7.11 Å². The van der Waals surface area contributed by atoms with Crippen LogP contribution in [0.4, 0.5) is 0 Å². The maximum atomic E-state index is 14.6. The summed E-state index contributed by atoms with van der Waals surface area (Å²) in [7, 11) is 1.68. The Kier molecular flexibility index (Phi) is 9.40. The lowest BCUT2D eigenvalue weighted by atomic mass is 9.73. The van der Waals surface area contributed by atoms with Crippen LogP contribution in [-0.2, 0) is 10.8 Å². The number of ketones is 1. The van der Waals surface area contributed by atoms with Crippen LogP contribution in [0, 0.1) is 5.92 Å². The van der Waals surface area contributed by atoms with Crippen LogP contribution < -0.4 is 14.2 Å². The molecule has 4 nitrogen and oxygen atoms in total. The zero-order chi connectivity index (χ0) is 33.3. The molecule has 242 valence electrons. The summed E-state index contributed by atoms with van der Waals surface area (Å²) < 4.78 is 18.4. The van der Waals surface area contributed by atoms with E-state index in [-0.39, 0.29) is 22.7 Å². The molecule has 1 aliphatic carbocycles. The van der Waals surface area contributed by atoms with E-state index in [0.717, 1.165) is 23.3 Å². The highest BCUT2D eigenvalue weighted by Crippen LogP contribution is 2.42. The van der Waals surface area contributed by atoms with Crippen molar-refractivity contribution in [3.63, 3.8) is 0 Å². The monoisotopic (exact) mass is 618 g/mol. The zero-order valence-electron chi connectivity index (χ0n) is 29.1. The van der Waals surface area contributed by atoms with Crippen LogP contribution in [-0.4, -0.2) is 24.6 Å². The van der Waals surface area contributed by atoms with Gasteiger partial charge in [0.2, 0.25) is 5.78 Å². The van der Waals surface area contributed by atoms with Gasteiger partial charge in [-0.2, -0.15) is 0 Å². The van der Waals surface area contributed by atoms with Crippen LogP contribution in [0.1, 0.15) is 102 Å². The zero-order valence-corrected chi connectivity index (χ0v) is 29.1. The lowest BCUT2D eigenvalue weighted by Crippen LogP contribution is -2.45. The van der Waals surface area contributed by atoms with E-state index in [9.17, 15) is 4.79 Å². The fraction of sp³-hybridized carbons (Fsp3) is 0.405. The third kappa shape index (κ3) is 6.32. The van der Waals surface area contributed by atoms with Crippen molar-refractivity contribution in [1.82, 2.24) is 0 Å². The number of hydrogen-bond donors (Lipinski definition) is 0. The van der Waals surface area contributed by atoms with Crippen molar-refractivity contribution < 1.29 is 19.0 Å². The van der Waals surface area contributed by atoms with Crippen molar-refractivity contribution in [2.45, 2.75) is 97.2 Å². The van der Waals surface area contributed by atoms with E-state index in [4.69, 9.17) is 14.2 Å². The van der Waals surface area contributed by atoms with E-state index >= 15 is 0 Å². The number of methoxy groups -OCH3 is 1. The Hall–Kier alpha value is -4.05. The third-order valence-corrected chi connectivity index (χ3v) is 10.4. The molecule has 0 saturated carbocycles. The molecule has 3 atom stereocenters. The molecular weight excluding hydrogens is 568 g/mol. The quantitative estimate of drug-likeness (QED) is 0.224. The van der Waals surface area contributed by atoms with Crippen molar-refractivity contribution in [1.29, 1.82) is 0 Å². The van der Waals surface area contributed by atoms with E-state index in [0.29, 0.717) is 35.8 Å². The van der Waals surface area contributed by atoms with Crippen LogP contribution in [0.5, 0.6) is 17.2 Å². The fourth-order valence-corrected chi connectivity index (χ4v) is 6.87. The summed E-state index contributed by atoms with van der Waals surface area (Å²) in [6, 6.07) is 22.5. The van der Waals surface area contributed by atoms with Crippen molar-refractivity contribution in [2.75, 3.05) is 7.11 Å². The molecule has 2 aliphatic rings. The highest BCUT2D eigenvalue weighted by molar-refractivity contribution is 6.05. The standard InChI is InChI=1S/C42H50O4/c1-10-28(3)30-12-14-31(15-13-30)41(7,8)34-20-25-38-37(26-34)39(43)42(11-2,27-29(4)45-38)46-36-23-18-33(19-24-36)40(5,6)32-16-21-35(44-9)22-17-32/h10,12,14-26,29-30H,11,13,27H2,1-9H3/b28-10+. The van der Waals surface area contributed by atoms with E-state index in [1.807, 2.05) is 50.2 Å². The molecule has 3 unspecified atom stereocenters. The number of allylic oxidation sites excluding steroid dienone is 6. The summed E-state index contributed by atoms with van der Waals surface area (Å²) in [6.45, 7) is 17.2. The maximum absolute atomic E-state index is 14.6. The van der Waals surface area contributed by atoms with E-state index in [1.165, 1.54) is 16.7 Å². The molecule has 0 aromatic heterocycles. The molecule has 0 N–H and O–H groups in total. The van der Waals surface area contributed by atoms with Crippen LogP contribution >= 0.6 is 0 Å². The van der Waals surface area contributed by atoms with Gasteiger partial charge in [-0.15, -0.1) is 0 Å². The summed E-state index contributed by atoms with van der Waals surface area (Å²) in [5, 5.41) is 0. The smallest absolute Gasteiger partial charge is 0.210 e. The molecule has 1 aliphatic heterocycles. The van der Waals surface area contributed by atoms with Gasteiger partial charge in [-0.3, -0.25) is 4.79 Å². The van der Waals surface area contributed by atoms with Gasteiger partial charge < -0.3 is 14.2 Å². The normalized spacial score (nSPS) is 22.0. The first-order valence-corrected chi connectivity index (χ1v) is 16.7. The fourth-order valence-electron chi connectivity index (χ4n) is 6.87. The van der Waals surface area contributed by atoms with Crippen LogP contribution in [0.3, 0.4) is 0 Å². The summed E-state index contributed by atoms with van der Waals surface area (Å²) in [5.74, 6) is 2.57. The largest absolute Gasteiger partial charge is 0.497 e. The predicted molar refractivity (Wildman–Crippen MR) is 188 cm³/mol. The number of fused-ring (bicyclic) bond motifs is 1. The predicted octanol–water partition coefficient (Wildman–Crippen LogP) is 10.3. The number of hydrogen-bond acceptors (Lipinski definition) is 4. The van der Waals surface area contributed by atoms with Crippen LogP contribution in [0.2, 0.25) is 0 Å². The molecule has 4 heteroatoms. The Morgan fingerprint density at radius 3 is 2.09 bits per heavy atom. The Labute approximate surface area is 276 Å². The second kappa shape index (κ2) is 13.0. The summed E-state index contributed by atoms with van der Waals surface area (Å²) >= 11 is 0. The minimum absolute atomic E-state index is 0.0217. The topological polar surface area (TPSA) is 44.8 Å². The Bertz CT molecular complexity index is 1650. The van der Waals surface area contributed by atoms with Gasteiger partial charge in [0, 0.05) is 23.2 Å². The lowest BCUT2D eigenvalue weighted by Gasteiger charge is -2.33. The molecule has 5 rings (SSSR count). The molecule has 46 heavy (non-hydrogen) atoms. The first-order chi connectivity index (χ1) is 21.8. The minimum atomic E-state index is -1.04. The van der Waals surface area contributed by atoms with Gasteiger partial charge in [0.25, 0.3) is 0 Å². The average Bonchev–Trinajstić information content (AvgIpc) is 3.17. The molecule has 0 bridgehead atoms. The summed E-state index contributed by atoms with van der Waals surface area (Å²) in [6.07, 6.45) is 10.9. The molecule has 0 amide bonds. The van der Waals surface area contributed by atoms with Crippen molar-refractivity contribution in [3.8, 4) is 17.2 Å². The Morgan fingerprint density at radius 2 is 1.54 bits per heavy atom. The van der Waals surface area contributed by atoms with Gasteiger partial charge in [0.05, 0.1) is 12.7 Å². The number of carbonyl (C=O) groups excluding carboxylic acids is 1. The van der Waals surface area contributed by atoms with Gasteiger partial charge in [0.1, 0.15) is 23.4 Å². The number of carbonyl (C=O) groups is 1. The molecule has 0 fully saturated rings. The van der Waals surface area contributed by atoms with Gasteiger partial charge in [-0.1, -0.05) is 94.8 Å². The molecule has 0 spiro atoms. The number of Topliss-reactive ketones (excluding diaryl/α,β-unsaturated/α-hetero) is 1. The highest BCUT2D eigenvalue weighted by atomic mass is 16.5. The third-order valence-electron chi connectivity index (χ3n) is 10.4. The number of ether oxygens (including phenoxy) is 3. The van der Waals surface area contributed by atoms with Crippen molar-refractivity contribution >= 4 is 5.78 Å². The second-order valence-corrected chi connectivity index (χ2v) is 14.0. The molecule has 1 heterocycles. The molecule has 3 aromatic rings. The first kappa shape index (κ1) is 33.3. The van der Waals surface area contributed by atoms with Crippen LogP contribution in [0.15, 0.2) is 102 Å². The van der Waals surface area contributed by atoms with Gasteiger partial charge >= 0.3 is 0 Å². The Balaban J connectivity index is 1.43. The molecule has 0 radical (unpaired) electrons. The molecular formula is C42H50O4. The highest BCUT2D eigenvalue weighted by Gasteiger charge is 2.45. The Morgan fingerprint density at radius 1 is 0.935 bits per heavy atom. The molecule has 0 saturated heterocycles. The van der Waals surface area contributed by atoms with Crippen molar-refractivity contribution in [2.24, 2.45) is 5.92 Å². The summed E-state index contributed by atoms with van der Waals surface area (Å²) in [5.41, 5.74) is 5.15. The summed E-state index contributed by atoms with van der Waals surface area (Å²) in [4.78, 5) is 14.6. The van der Waals surface area contributed by atoms with Gasteiger partial charge in [-0.25, -0.2) is 0 Å². The number of rotatable bonds is 9. The maximum Gasteiger partial charge on any atom is 0.210 e. The van der Waals surface area contributed by atoms with Gasteiger partial charge in [-0.05, 0) is 92.3 Å².